The van der Waals surface area contributed by atoms with E-state index in [0.29, 0.717) is 24.0 Å². The number of H-pyrrole nitrogens is 1. The van der Waals surface area contributed by atoms with E-state index in [0.717, 1.165) is 12.3 Å². The molecule has 4 aromatic rings. The van der Waals surface area contributed by atoms with E-state index in [-0.39, 0.29) is 43.1 Å². The van der Waals surface area contributed by atoms with Gasteiger partial charge in [-0.2, -0.15) is 18.3 Å². The van der Waals surface area contributed by atoms with Crippen LogP contribution in [0.15, 0.2) is 52.6 Å². The van der Waals surface area contributed by atoms with E-state index in [2.05, 4.69) is 20.4 Å². The Morgan fingerprint density at radius 2 is 1.87 bits per heavy atom. The second-order valence-electron chi connectivity index (χ2n) is 8.17. The molecular formula is C24H22F4N6O4. The van der Waals surface area contributed by atoms with Crippen molar-refractivity contribution in [2.75, 3.05) is 25.1 Å². The lowest BCUT2D eigenvalue weighted by Gasteiger charge is -2.13. The van der Waals surface area contributed by atoms with Crippen LogP contribution in [0.25, 0.3) is 22.2 Å². The highest BCUT2D eigenvalue weighted by Gasteiger charge is 2.37. The summed E-state index contributed by atoms with van der Waals surface area (Å²) in [7, 11) is 0. The molecule has 38 heavy (non-hydrogen) atoms. The minimum atomic E-state index is -4.84. The molecule has 0 aliphatic rings. The first-order chi connectivity index (χ1) is 18.2. The van der Waals surface area contributed by atoms with Gasteiger partial charge in [0.2, 0.25) is 0 Å². The number of rotatable bonds is 10. The summed E-state index contributed by atoms with van der Waals surface area (Å²) in [5.41, 5.74) is -3.44. The van der Waals surface area contributed by atoms with Gasteiger partial charge in [0.05, 0.1) is 41.8 Å². The molecule has 0 saturated carbocycles. The lowest BCUT2D eigenvalue weighted by atomic mass is 10.1. The van der Waals surface area contributed by atoms with Gasteiger partial charge in [0.1, 0.15) is 18.0 Å². The number of nitrogens with zero attached hydrogens (tertiary/aromatic N) is 4. The van der Waals surface area contributed by atoms with Gasteiger partial charge in [-0.05, 0) is 36.4 Å². The summed E-state index contributed by atoms with van der Waals surface area (Å²) in [4.78, 5) is 32.6. The number of benzene rings is 1. The maximum atomic E-state index is 14.9. The summed E-state index contributed by atoms with van der Waals surface area (Å²) in [5.74, 6) is -0.272. The standard InChI is InChI=1S/C24H22F4N6O4/c25-18-10-16-14(9-17(18)21-30-11-15(12-31-21)38-8-7-35)3-6-34(23(16)37)5-2-1-4-29-19-13-32-33-22(36)20(19)24(26,27)28/h3,6,9-13,35H,1-2,4-5,7-8H2,(H2,29,33,36). The average molecular weight is 534 g/mol. The van der Waals surface area contributed by atoms with Crippen molar-refractivity contribution in [3.63, 3.8) is 0 Å². The molecule has 1 aromatic carbocycles. The number of nitrogens with one attached hydrogen (secondary N) is 2. The first kappa shape index (κ1) is 26.7. The fourth-order valence-electron chi connectivity index (χ4n) is 3.79. The van der Waals surface area contributed by atoms with E-state index in [1.807, 2.05) is 0 Å². The number of halogens is 4. The second-order valence-corrected chi connectivity index (χ2v) is 8.17. The van der Waals surface area contributed by atoms with Crippen LogP contribution < -0.4 is 21.2 Å². The molecule has 200 valence electrons. The number of hydrogen-bond donors (Lipinski definition) is 3. The predicted octanol–water partition coefficient (Wildman–Crippen LogP) is 2.96. The van der Waals surface area contributed by atoms with Crippen molar-refractivity contribution < 1.29 is 27.4 Å². The van der Waals surface area contributed by atoms with Crippen LogP contribution in [0, 0.1) is 5.82 Å². The molecule has 3 heterocycles. The van der Waals surface area contributed by atoms with Gasteiger partial charge in [-0.25, -0.2) is 19.5 Å². The molecule has 4 rings (SSSR count). The Morgan fingerprint density at radius 1 is 1.11 bits per heavy atom. The van der Waals surface area contributed by atoms with Crippen molar-refractivity contribution in [2.45, 2.75) is 25.6 Å². The van der Waals surface area contributed by atoms with Crippen LogP contribution in [0.1, 0.15) is 18.4 Å². The number of aliphatic hydroxyl groups is 1. The number of anilines is 1. The highest BCUT2D eigenvalue weighted by atomic mass is 19.4. The van der Waals surface area contributed by atoms with Gasteiger partial charge in [-0.15, -0.1) is 0 Å². The largest absolute Gasteiger partial charge is 0.488 e. The third-order valence-corrected chi connectivity index (χ3v) is 5.57. The molecule has 0 unspecified atom stereocenters. The molecule has 0 aliphatic heterocycles. The highest BCUT2D eigenvalue weighted by molar-refractivity contribution is 5.86. The van der Waals surface area contributed by atoms with Crippen LogP contribution in [0.2, 0.25) is 0 Å². The number of hydrogen-bond acceptors (Lipinski definition) is 8. The van der Waals surface area contributed by atoms with Crippen molar-refractivity contribution in [3.8, 4) is 17.1 Å². The zero-order chi connectivity index (χ0) is 27.3. The van der Waals surface area contributed by atoms with Gasteiger partial charge >= 0.3 is 6.18 Å². The molecule has 3 aromatic heterocycles. The van der Waals surface area contributed by atoms with Gasteiger partial charge in [0.25, 0.3) is 11.1 Å². The van der Waals surface area contributed by atoms with Crippen LogP contribution in [-0.2, 0) is 12.7 Å². The van der Waals surface area contributed by atoms with Crippen LogP contribution >= 0.6 is 0 Å². The molecule has 0 spiro atoms. The number of pyridine rings is 1. The molecule has 14 heteroatoms. The molecule has 0 amide bonds. The van der Waals surface area contributed by atoms with Gasteiger partial charge < -0.3 is 19.7 Å². The molecule has 0 radical (unpaired) electrons. The number of fused-ring (bicyclic) bond motifs is 1. The van der Waals surface area contributed by atoms with Crippen LogP contribution in [0.3, 0.4) is 0 Å². The first-order valence-electron chi connectivity index (χ1n) is 11.5. The summed E-state index contributed by atoms with van der Waals surface area (Å²) in [6, 6.07) is 4.23. The highest BCUT2D eigenvalue weighted by Crippen LogP contribution is 2.31. The topological polar surface area (TPSA) is 135 Å². The third kappa shape index (κ3) is 5.96. The SMILES string of the molecule is O=c1[nH]ncc(NCCCCn2ccc3cc(-c4ncc(OCCO)cn4)c(F)cc3c2=O)c1C(F)(F)F. The first-order valence-corrected chi connectivity index (χ1v) is 11.5. The molecule has 0 aliphatic carbocycles. The minimum Gasteiger partial charge on any atom is -0.488 e. The van der Waals surface area contributed by atoms with E-state index in [9.17, 15) is 27.2 Å². The smallest absolute Gasteiger partial charge is 0.423 e. The summed E-state index contributed by atoms with van der Waals surface area (Å²) in [6.07, 6.45) is 1.12. The summed E-state index contributed by atoms with van der Waals surface area (Å²) in [6.45, 7) is 0.253. The fraction of sp³-hybridized carbons (Fsp3) is 0.292. The second kappa shape index (κ2) is 11.4. The lowest BCUT2D eigenvalue weighted by molar-refractivity contribution is -0.138. The maximum Gasteiger partial charge on any atom is 0.423 e. The number of alkyl halides is 3. The normalized spacial score (nSPS) is 11.6. The molecule has 10 nitrogen and oxygen atoms in total. The molecule has 0 fully saturated rings. The monoisotopic (exact) mass is 534 g/mol. The van der Waals surface area contributed by atoms with Crippen molar-refractivity contribution in [1.29, 1.82) is 0 Å². The summed E-state index contributed by atoms with van der Waals surface area (Å²) in [5, 5.41) is 17.2. The van der Waals surface area contributed by atoms with Crippen LogP contribution in [0.5, 0.6) is 5.75 Å². The number of aliphatic hydroxyl groups excluding tert-OH is 1. The van der Waals surface area contributed by atoms with Gasteiger partial charge in [-0.1, -0.05) is 0 Å². The van der Waals surface area contributed by atoms with Gasteiger partial charge in [0.15, 0.2) is 11.6 Å². The molecule has 0 saturated heterocycles. The average Bonchev–Trinajstić information content (AvgIpc) is 2.88. The van der Waals surface area contributed by atoms with Crippen LogP contribution in [0.4, 0.5) is 23.2 Å². The molecule has 3 N–H and O–H groups in total. The molecular weight excluding hydrogens is 512 g/mol. The fourth-order valence-corrected chi connectivity index (χ4v) is 3.79. The van der Waals surface area contributed by atoms with Crippen molar-refractivity contribution in [1.82, 2.24) is 24.7 Å². The lowest BCUT2D eigenvalue weighted by Crippen LogP contribution is -2.25. The zero-order valence-electron chi connectivity index (χ0n) is 19.8. The Morgan fingerprint density at radius 3 is 2.58 bits per heavy atom. The van der Waals surface area contributed by atoms with Gasteiger partial charge in [-0.3, -0.25) is 9.59 Å². The third-order valence-electron chi connectivity index (χ3n) is 5.57. The van der Waals surface area contributed by atoms with Crippen LogP contribution in [-0.4, -0.2) is 49.6 Å². The Kier molecular flexibility index (Phi) is 8.00. The maximum absolute atomic E-state index is 14.9. The Labute approximate surface area is 212 Å². The van der Waals surface area contributed by atoms with E-state index in [4.69, 9.17) is 9.84 Å². The van der Waals surface area contributed by atoms with Crippen molar-refractivity contribution in [3.05, 3.63) is 75.1 Å². The van der Waals surface area contributed by atoms with E-state index >= 15 is 0 Å². The minimum absolute atomic E-state index is 0.0699. The van der Waals surface area contributed by atoms with Crippen molar-refractivity contribution in [2.24, 2.45) is 0 Å². The Balaban J connectivity index is 1.42. The van der Waals surface area contributed by atoms with Gasteiger partial charge in [0, 0.05) is 19.3 Å². The quantitative estimate of drug-likeness (QED) is 0.209. The van der Waals surface area contributed by atoms with E-state index < -0.39 is 34.4 Å². The Hall–Kier alpha value is -4.33. The van der Waals surface area contributed by atoms with E-state index in [1.165, 1.54) is 23.0 Å². The number of aromatic amines is 1. The summed E-state index contributed by atoms with van der Waals surface area (Å²) >= 11 is 0. The summed E-state index contributed by atoms with van der Waals surface area (Å²) < 4.78 is 60.8. The number of ether oxygens (including phenoxy) is 1. The van der Waals surface area contributed by atoms with E-state index in [1.54, 1.807) is 17.4 Å². The number of aryl methyl sites for hydroxylation is 1. The Bertz CT molecular complexity index is 1540. The molecule has 0 atom stereocenters. The van der Waals surface area contributed by atoms with Crippen molar-refractivity contribution >= 4 is 16.5 Å². The zero-order valence-corrected chi connectivity index (χ0v) is 19.8. The predicted molar refractivity (Wildman–Crippen MR) is 129 cm³/mol. The molecule has 0 bridgehead atoms. The number of aromatic nitrogens is 5. The number of unbranched alkanes of at least 4 members (excludes halogenated alkanes) is 1.